The van der Waals surface area contributed by atoms with E-state index in [1.165, 1.54) is 0 Å². The Morgan fingerprint density at radius 3 is 2.60 bits per heavy atom. The third kappa shape index (κ3) is 3.59. The molecule has 25 heavy (non-hydrogen) atoms. The quantitative estimate of drug-likeness (QED) is 0.810. The van der Waals surface area contributed by atoms with E-state index in [0.717, 1.165) is 28.9 Å². The third-order valence-electron chi connectivity index (χ3n) is 4.19. The van der Waals surface area contributed by atoms with Crippen molar-refractivity contribution in [1.82, 2.24) is 9.29 Å². The minimum atomic E-state index is -4.28. The summed E-state index contributed by atoms with van der Waals surface area (Å²) in [7, 11) is -4.28. The molecule has 3 rings (SSSR count). The van der Waals surface area contributed by atoms with Crippen LogP contribution in [0, 0.1) is 17.6 Å². The summed E-state index contributed by atoms with van der Waals surface area (Å²) in [5.74, 6) is -0.453. The number of nitrogens with zero attached hydrogens (tertiary/aromatic N) is 2. The van der Waals surface area contributed by atoms with Crippen molar-refractivity contribution < 1.29 is 21.6 Å². The molecule has 0 amide bonds. The van der Waals surface area contributed by atoms with Gasteiger partial charge in [0.2, 0.25) is 10.0 Å². The van der Waals surface area contributed by atoms with Crippen molar-refractivity contribution in [3.63, 3.8) is 0 Å². The topological polar surface area (TPSA) is 63.4 Å². The third-order valence-corrected chi connectivity index (χ3v) is 6.09. The molecule has 2 aromatic rings. The van der Waals surface area contributed by atoms with E-state index in [9.17, 15) is 17.2 Å². The zero-order chi connectivity index (χ0) is 18.2. The van der Waals surface area contributed by atoms with Crippen LogP contribution in [0.25, 0.3) is 0 Å². The number of hydrogen-bond acceptors (Lipinski definition) is 4. The van der Waals surface area contributed by atoms with E-state index in [1.54, 1.807) is 0 Å². The highest BCUT2D eigenvalue weighted by atomic mass is 32.2. The van der Waals surface area contributed by atoms with Crippen LogP contribution in [0.4, 0.5) is 8.78 Å². The maximum absolute atomic E-state index is 13.9. The largest absolute Gasteiger partial charge is 0.445 e. The van der Waals surface area contributed by atoms with Crippen molar-refractivity contribution in [2.24, 2.45) is 5.92 Å². The monoisotopic (exact) mass is 370 g/mol. The molecule has 0 fully saturated rings. The highest BCUT2D eigenvalue weighted by Gasteiger charge is 2.34. The van der Waals surface area contributed by atoms with Gasteiger partial charge in [0.25, 0.3) is 0 Å². The van der Waals surface area contributed by atoms with Crippen LogP contribution in [0.2, 0.25) is 0 Å². The fourth-order valence-corrected chi connectivity index (χ4v) is 4.32. The van der Waals surface area contributed by atoms with Gasteiger partial charge in [-0.3, -0.25) is 0 Å². The SMILES string of the molecule is CC(C)CCc1nc2c(o1)CCN(S(=O)(=O)c1c(F)cccc1F)C2. The summed E-state index contributed by atoms with van der Waals surface area (Å²) in [5, 5.41) is 0. The summed E-state index contributed by atoms with van der Waals surface area (Å²) in [6.45, 7) is 4.25. The molecule has 0 bridgehead atoms. The van der Waals surface area contributed by atoms with E-state index in [0.29, 0.717) is 36.1 Å². The number of sulfonamides is 1. The Balaban J connectivity index is 1.85. The van der Waals surface area contributed by atoms with Gasteiger partial charge in [-0.2, -0.15) is 4.31 Å². The Morgan fingerprint density at radius 2 is 1.96 bits per heavy atom. The molecule has 0 saturated carbocycles. The van der Waals surface area contributed by atoms with Gasteiger partial charge in [-0.15, -0.1) is 0 Å². The lowest BCUT2D eigenvalue weighted by Gasteiger charge is -2.24. The molecule has 5 nitrogen and oxygen atoms in total. The molecule has 0 radical (unpaired) electrons. The first kappa shape index (κ1) is 18.0. The average molecular weight is 370 g/mol. The second-order valence-corrected chi connectivity index (χ2v) is 8.42. The molecule has 1 aromatic carbocycles. The van der Waals surface area contributed by atoms with Crippen LogP contribution in [0.15, 0.2) is 27.5 Å². The van der Waals surface area contributed by atoms with E-state index in [4.69, 9.17) is 4.42 Å². The van der Waals surface area contributed by atoms with Gasteiger partial charge in [0.1, 0.15) is 17.4 Å². The average Bonchev–Trinajstić information content (AvgIpc) is 2.94. The van der Waals surface area contributed by atoms with Crippen molar-refractivity contribution >= 4 is 10.0 Å². The van der Waals surface area contributed by atoms with Gasteiger partial charge in [0.05, 0.1) is 12.2 Å². The molecular weight excluding hydrogens is 350 g/mol. The van der Waals surface area contributed by atoms with Gasteiger partial charge in [-0.25, -0.2) is 22.2 Å². The van der Waals surface area contributed by atoms with Gasteiger partial charge < -0.3 is 4.42 Å². The summed E-state index contributed by atoms with van der Waals surface area (Å²) in [6, 6.07) is 3.01. The van der Waals surface area contributed by atoms with E-state index < -0.39 is 26.6 Å². The van der Waals surface area contributed by atoms with Crippen LogP contribution in [-0.4, -0.2) is 24.3 Å². The number of aromatic nitrogens is 1. The fourth-order valence-electron chi connectivity index (χ4n) is 2.81. The Bertz CT molecular complexity index is 858. The van der Waals surface area contributed by atoms with Crippen LogP contribution >= 0.6 is 0 Å². The van der Waals surface area contributed by atoms with Gasteiger partial charge in [0, 0.05) is 19.4 Å². The number of aryl methyl sites for hydroxylation is 1. The molecule has 1 aliphatic heterocycles. The van der Waals surface area contributed by atoms with E-state index in [2.05, 4.69) is 18.8 Å². The molecule has 0 aliphatic carbocycles. The summed E-state index contributed by atoms with van der Waals surface area (Å²) < 4.78 is 59.8. The lowest BCUT2D eigenvalue weighted by Crippen LogP contribution is -2.36. The van der Waals surface area contributed by atoms with Crippen molar-refractivity contribution in [3.05, 3.63) is 47.2 Å². The predicted octanol–water partition coefficient (Wildman–Crippen LogP) is 3.29. The lowest BCUT2D eigenvalue weighted by molar-refractivity contribution is 0.351. The number of rotatable bonds is 5. The number of halogens is 2. The summed E-state index contributed by atoms with van der Waals surface area (Å²) in [6.07, 6.45) is 1.93. The first-order chi connectivity index (χ1) is 11.8. The molecular formula is C17H20F2N2O3S. The van der Waals surface area contributed by atoms with Crippen molar-refractivity contribution in [3.8, 4) is 0 Å². The number of benzene rings is 1. The molecule has 2 heterocycles. The van der Waals surface area contributed by atoms with Gasteiger partial charge in [-0.1, -0.05) is 19.9 Å². The standard InChI is InChI=1S/C17H20F2N2O3S/c1-11(2)6-7-16-20-14-10-21(9-8-15(14)24-16)25(22,23)17-12(18)4-3-5-13(17)19/h3-5,11H,6-10H2,1-2H3. The zero-order valence-electron chi connectivity index (χ0n) is 14.1. The molecule has 8 heteroatoms. The zero-order valence-corrected chi connectivity index (χ0v) is 14.9. The maximum Gasteiger partial charge on any atom is 0.249 e. The molecule has 1 aliphatic rings. The molecule has 136 valence electrons. The summed E-state index contributed by atoms with van der Waals surface area (Å²) in [4.78, 5) is 3.45. The van der Waals surface area contributed by atoms with Crippen LogP contribution in [0.3, 0.4) is 0 Å². The Kier molecular flexibility index (Phi) is 4.92. The Hall–Kier alpha value is -1.80. The molecule has 0 atom stereocenters. The second-order valence-electron chi connectivity index (χ2n) is 6.55. The van der Waals surface area contributed by atoms with E-state index in [1.807, 2.05) is 0 Å². The first-order valence-corrected chi connectivity index (χ1v) is 9.64. The minimum Gasteiger partial charge on any atom is -0.445 e. The number of fused-ring (bicyclic) bond motifs is 1. The van der Waals surface area contributed by atoms with Crippen LogP contribution in [0.1, 0.15) is 37.6 Å². The van der Waals surface area contributed by atoms with Crippen LogP contribution in [-0.2, 0) is 29.4 Å². The number of hydrogen-bond donors (Lipinski definition) is 0. The lowest BCUT2D eigenvalue weighted by atomic mass is 10.1. The molecule has 1 aromatic heterocycles. The van der Waals surface area contributed by atoms with Gasteiger partial charge in [0.15, 0.2) is 10.8 Å². The van der Waals surface area contributed by atoms with Crippen LogP contribution < -0.4 is 0 Å². The minimum absolute atomic E-state index is 0.0450. The van der Waals surface area contributed by atoms with Gasteiger partial charge >= 0.3 is 0 Å². The second kappa shape index (κ2) is 6.84. The molecule has 0 unspecified atom stereocenters. The summed E-state index contributed by atoms with van der Waals surface area (Å²) in [5.41, 5.74) is 0.519. The predicted molar refractivity (Wildman–Crippen MR) is 87.3 cm³/mol. The maximum atomic E-state index is 13.9. The van der Waals surface area contributed by atoms with E-state index >= 15 is 0 Å². The number of oxazole rings is 1. The highest BCUT2D eigenvalue weighted by Crippen LogP contribution is 2.28. The molecule has 0 spiro atoms. The Labute approximate surface area is 145 Å². The highest BCUT2D eigenvalue weighted by molar-refractivity contribution is 7.89. The normalized spacial score (nSPS) is 15.6. The van der Waals surface area contributed by atoms with Gasteiger partial charge in [-0.05, 0) is 24.5 Å². The fraction of sp³-hybridized carbons (Fsp3) is 0.471. The van der Waals surface area contributed by atoms with Crippen molar-refractivity contribution in [1.29, 1.82) is 0 Å². The van der Waals surface area contributed by atoms with Crippen molar-refractivity contribution in [2.45, 2.75) is 44.6 Å². The first-order valence-electron chi connectivity index (χ1n) is 8.20. The molecule has 0 N–H and O–H groups in total. The van der Waals surface area contributed by atoms with Crippen LogP contribution in [0.5, 0.6) is 0 Å². The van der Waals surface area contributed by atoms with E-state index in [-0.39, 0.29) is 13.1 Å². The Morgan fingerprint density at radius 1 is 1.28 bits per heavy atom. The van der Waals surface area contributed by atoms with Crippen molar-refractivity contribution in [2.75, 3.05) is 6.54 Å². The summed E-state index contributed by atoms with van der Waals surface area (Å²) >= 11 is 0. The molecule has 0 saturated heterocycles. The smallest absolute Gasteiger partial charge is 0.249 e.